The highest BCUT2D eigenvalue weighted by Crippen LogP contribution is 2.03. The molecule has 6 nitrogen and oxygen atoms in total. The Labute approximate surface area is 116 Å². The lowest BCUT2D eigenvalue weighted by molar-refractivity contribution is -0.136. The Bertz CT molecular complexity index is 596. The second-order valence-electron chi connectivity index (χ2n) is 4.21. The maximum Gasteiger partial charge on any atom is 0.314 e. The van der Waals surface area contributed by atoms with Crippen LogP contribution in [0.25, 0.3) is 0 Å². The first-order valence-electron chi connectivity index (χ1n) is 6.06. The number of carbonyl (C=O) groups is 2. The maximum absolute atomic E-state index is 11.6. The second kappa shape index (κ2) is 6.42. The molecule has 0 bridgehead atoms. The van der Waals surface area contributed by atoms with Gasteiger partial charge in [0.05, 0.1) is 0 Å². The van der Waals surface area contributed by atoms with Gasteiger partial charge in [-0.05, 0) is 36.2 Å². The van der Waals surface area contributed by atoms with Crippen molar-refractivity contribution in [1.82, 2.24) is 15.3 Å². The summed E-state index contributed by atoms with van der Waals surface area (Å²) >= 11 is 0. The summed E-state index contributed by atoms with van der Waals surface area (Å²) in [5.41, 5.74) is 1.85. The normalized spacial score (nSPS) is 9.85. The highest BCUT2D eigenvalue weighted by Gasteiger charge is 2.13. The van der Waals surface area contributed by atoms with Gasteiger partial charge in [0.1, 0.15) is 5.82 Å². The van der Waals surface area contributed by atoms with E-state index < -0.39 is 11.8 Å². The Morgan fingerprint density at radius 2 is 1.85 bits per heavy atom. The average Bonchev–Trinajstić information content (AvgIpc) is 2.48. The lowest BCUT2D eigenvalue weighted by Crippen LogP contribution is -2.35. The lowest BCUT2D eigenvalue weighted by Gasteiger charge is -2.06. The highest BCUT2D eigenvalue weighted by atomic mass is 16.2. The molecule has 0 aliphatic heterocycles. The van der Waals surface area contributed by atoms with E-state index in [1.165, 1.54) is 0 Å². The van der Waals surface area contributed by atoms with Gasteiger partial charge in [0.15, 0.2) is 0 Å². The van der Waals surface area contributed by atoms with Crippen molar-refractivity contribution in [3.8, 4) is 0 Å². The molecule has 2 aromatic rings. The predicted octanol–water partition coefficient (Wildman–Crippen LogP) is 1.04. The number of nitrogens with zero attached hydrogens (tertiary/aromatic N) is 2. The molecule has 2 aromatic heterocycles. The zero-order valence-electron chi connectivity index (χ0n) is 11.0. The fourth-order valence-corrected chi connectivity index (χ4v) is 1.48. The third-order valence-corrected chi connectivity index (χ3v) is 2.56. The molecule has 0 atom stereocenters. The molecular formula is C14H14N4O2. The fraction of sp³-hybridized carbons (Fsp3) is 0.143. The number of hydrogen-bond acceptors (Lipinski definition) is 4. The first-order chi connectivity index (χ1) is 9.65. The van der Waals surface area contributed by atoms with Crippen molar-refractivity contribution in [2.45, 2.75) is 13.5 Å². The number of aryl methyl sites for hydroxylation is 1. The molecule has 0 radical (unpaired) electrons. The third-order valence-electron chi connectivity index (χ3n) is 2.56. The van der Waals surface area contributed by atoms with Crippen LogP contribution in [0.3, 0.4) is 0 Å². The molecule has 0 aliphatic rings. The van der Waals surface area contributed by atoms with E-state index in [9.17, 15) is 9.59 Å². The number of aromatic nitrogens is 2. The zero-order chi connectivity index (χ0) is 14.4. The molecule has 0 fully saturated rings. The molecule has 20 heavy (non-hydrogen) atoms. The average molecular weight is 270 g/mol. The molecule has 0 spiro atoms. The van der Waals surface area contributed by atoms with Gasteiger partial charge >= 0.3 is 11.8 Å². The van der Waals surface area contributed by atoms with Crippen LogP contribution in [0.5, 0.6) is 0 Å². The molecule has 102 valence electrons. The van der Waals surface area contributed by atoms with Crippen LogP contribution in [-0.2, 0) is 16.1 Å². The summed E-state index contributed by atoms with van der Waals surface area (Å²) in [6.07, 6.45) is 4.86. The largest absolute Gasteiger partial charge is 0.344 e. The number of rotatable bonds is 3. The Kier molecular flexibility index (Phi) is 4.39. The van der Waals surface area contributed by atoms with Gasteiger partial charge in [0.25, 0.3) is 0 Å². The van der Waals surface area contributed by atoms with Crippen LogP contribution in [0.1, 0.15) is 11.1 Å². The summed E-state index contributed by atoms with van der Waals surface area (Å²) < 4.78 is 0. The Morgan fingerprint density at radius 1 is 1.10 bits per heavy atom. The fourth-order valence-electron chi connectivity index (χ4n) is 1.48. The van der Waals surface area contributed by atoms with Crippen LogP contribution < -0.4 is 10.6 Å². The van der Waals surface area contributed by atoms with Gasteiger partial charge in [-0.15, -0.1) is 0 Å². The Hall–Kier alpha value is -2.76. The van der Waals surface area contributed by atoms with E-state index >= 15 is 0 Å². The number of nitrogens with one attached hydrogen (secondary N) is 2. The highest BCUT2D eigenvalue weighted by molar-refractivity contribution is 6.39. The van der Waals surface area contributed by atoms with Crippen LogP contribution in [0.2, 0.25) is 0 Å². The van der Waals surface area contributed by atoms with E-state index in [0.29, 0.717) is 5.82 Å². The van der Waals surface area contributed by atoms with Crippen molar-refractivity contribution >= 4 is 17.6 Å². The van der Waals surface area contributed by atoms with E-state index in [1.807, 2.05) is 6.92 Å². The van der Waals surface area contributed by atoms with Gasteiger partial charge in [-0.1, -0.05) is 6.07 Å². The van der Waals surface area contributed by atoms with Gasteiger partial charge in [-0.25, -0.2) is 4.98 Å². The van der Waals surface area contributed by atoms with Gasteiger partial charge in [-0.3, -0.25) is 14.6 Å². The van der Waals surface area contributed by atoms with Crippen molar-refractivity contribution in [2.24, 2.45) is 0 Å². The molecule has 2 heterocycles. The molecule has 0 aliphatic carbocycles. The first kappa shape index (κ1) is 13.7. The summed E-state index contributed by atoms with van der Waals surface area (Å²) in [7, 11) is 0. The number of carbonyl (C=O) groups excluding carboxylic acids is 2. The van der Waals surface area contributed by atoms with Crippen LogP contribution in [0, 0.1) is 6.92 Å². The number of pyridine rings is 2. The summed E-state index contributed by atoms with van der Waals surface area (Å²) in [6.45, 7) is 2.16. The van der Waals surface area contributed by atoms with Crippen molar-refractivity contribution in [1.29, 1.82) is 0 Å². The van der Waals surface area contributed by atoms with E-state index in [-0.39, 0.29) is 6.54 Å². The molecule has 0 saturated heterocycles. The van der Waals surface area contributed by atoms with E-state index in [0.717, 1.165) is 11.1 Å². The van der Waals surface area contributed by atoms with Crippen molar-refractivity contribution < 1.29 is 9.59 Å². The maximum atomic E-state index is 11.6. The summed E-state index contributed by atoms with van der Waals surface area (Å²) in [4.78, 5) is 31.1. The quantitative estimate of drug-likeness (QED) is 0.816. The van der Waals surface area contributed by atoms with Crippen molar-refractivity contribution in [3.05, 3.63) is 54.0 Å². The molecule has 2 N–H and O–H groups in total. The summed E-state index contributed by atoms with van der Waals surface area (Å²) in [5, 5.41) is 4.95. The van der Waals surface area contributed by atoms with Gasteiger partial charge in [0.2, 0.25) is 0 Å². The van der Waals surface area contributed by atoms with Crippen LogP contribution in [0.4, 0.5) is 5.82 Å². The molecule has 0 aromatic carbocycles. The molecule has 0 saturated carbocycles. The molecule has 0 unspecified atom stereocenters. The smallest absolute Gasteiger partial charge is 0.314 e. The Balaban J connectivity index is 1.86. The Morgan fingerprint density at radius 3 is 2.50 bits per heavy atom. The minimum Gasteiger partial charge on any atom is -0.344 e. The van der Waals surface area contributed by atoms with Crippen LogP contribution in [-0.4, -0.2) is 21.8 Å². The van der Waals surface area contributed by atoms with Gasteiger partial charge in [-0.2, -0.15) is 0 Å². The van der Waals surface area contributed by atoms with Crippen LogP contribution >= 0.6 is 0 Å². The third kappa shape index (κ3) is 3.88. The van der Waals surface area contributed by atoms with Gasteiger partial charge < -0.3 is 10.6 Å². The topological polar surface area (TPSA) is 84.0 Å². The minimum absolute atomic E-state index is 0.274. The van der Waals surface area contributed by atoms with Crippen molar-refractivity contribution in [2.75, 3.05) is 5.32 Å². The standard InChI is InChI=1S/C14H14N4O2/c1-10-2-3-12(16-8-10)18-14(20)13(19)17-9-11-4-6-15-7-5-11/h2-8H,9H2,1H3,(H,17,19)(H,16,18,20). The monoisotopic (exact) mass is 270 g/mol. The summed E-state index contributed by atoms with van der Waals surface area (Å²) in [5.74, 6) is -1.10. The molecule has 2 rings (SSSR count). The number of hydrogen-bond donors (Lipinski definition) is 2. The van der Waals surface area contributed by atoms with E-state index in [4.69, 9.17) is 0 Å². The lowest BCUT2D eigenvalue weighted by atomic mass is 10.3. The van der Waals surface area contributed by atoms with Crippen LogP contribution in [0.15, 0.2) is 42.9 Å². The van der Waals surface area contributed by atoms with E-state index in [2.05, 4.69) is 20.6 Å². The first-order valence-corrected chi connectivity index (χ1v) is 6.06. The molecular weight excluding hydrogens is 256 g/mol. The molecule has 6 heteroatoms. The SMILES string of the molecule is Cc1ccc(NC(=O)C(=O)NCc2ccncc2)nc1. The predicted molar refractivity (Wildman–Crippen MR) is 73.7 cm³/mol. The second-order valence-corrected chi connectivity index (χ2v) is 4.21. The van der Waals surface area contributed by atoms with Gasteiger partial charge in [0, 0.05) is 25.1 Å². The number of anilines is 1. The molecule has 2 amide bonds. The number of amides is 2. The van der Waals surface area contributed by atoms with E-state index in [1.54, 1.807) is 42.9 Å². The summed E-state index contributed by atoms with van der Waals surface area (Å²) in [6, 6.07) is 6.97. The zero-order valence-corrected chi connectivity index (χ0v) is 11.0. The van der Waals surface area contributed by atoms with Crippen molar-refractivity contribution in [3.63, 3.8) is 0 Å². The minimum atomic E-state index is -0.740.